The standard InChI is InChI=1S/C12H21NO2/c1-9(15)13-7-3-2-4-12(13)11(8-14)10-5-6-10/h10-12,14H,2-8H2,1H3. The molecule has 1 saturated carbocycles. The summed E-state index contributed by atoms with van der Waals surface area (Å²) in [5.74, 6) is 1.20. The van der Waals surface area contributed by atoms with Crippen molar-refractivity contribution in [2.24, 2.45) is 11.8 Å². The van der Waals surface area contributed by atoms with Crippen molar-refractivity contribution in [2.75, 3.05) is 13.2 Å². The Labute approximate surface area is 91.5 Å². The molecule has 0 aromatic rings. The molecule has 3 heteroatoms. The van der Waals surface area contributed by atoms with E-state index in [1.54, 1.807) is 6.92 Å². The van der Waals surface area contributed by atoms with Gasteiger partial charge in [-0.1, -0.05) is 0 Å². The van der Waals surface area contributed by atoms with Gasteiger partial charge in [-0.15, -0.1) is 0 Å². The largest absolute Gasteiger partial charge is 0.396 e. The van der Waals surface area contributed by atoms with Gasteiger partial charge in [0.2, 0.25) is 5.91 Å². The minimum absolute atomic E-state index is 0.179. The zero-order valence-electron chi connectivity index (χ0n) is 9.48. The van der Waals surface area contributed by atoms with Gasteiger partial charge in [-0.25, -0.2) is 0 Å². The first kappa shape index (κ1) is 10.9. The van der Waals surface area contributed by atoms with E-state index in [0.29, 0.717) is 17.9 Å². The first-order chi connectivity index (χ1) is 7.24. The molecule has 1 heterocycles. The van der Waals surface area contributed by atoms with Crippen LogP contribution in [-0.2, 0) is 4.79 Å². The van der Waals surface area contributed by atoms with E-state index in [2.05, 4.69) is 0 Å². The van der Waals surface area contributed by atoms with Crippen molar-refractivity contribution >= 4 is 5.91 Å². The lowest BCUT2D eigenvalue weighted by atomic mass is 9.87. The molecule has 2 atom stereocenters. The predicted octanol–water partition coefficient (Wildman–Crippen LogP) is 1.41. The van der Waals surface area contributed by atoms with Crippen LogP contribution in [0.25, 0.3) is 0 Å². The Balaban J connectivity index is 2.04. The Morgan fingerprint density at radius 3 is 2.67 bits per heavy atom. The fourth-order valence-electron chi connectivity index (χ4n) is 2.90. The summed E-state index contributed by atoms with van der Waals surface area (Å²) in [6.07, 6.45) is 5.90. The van der Waals surface area contributed by atoms with Crippen LogP contribution in [-0.4, -0.2) is 35.1 Å². The SMILES string of the molecule is CC(=O)N1CCCCC1C(CO)C1CC1. The van der Waals surface area contributed by atoms with Crippen molar-refractivity contribution in [2.45, 2.75) is 45.1 Å². The van der Waals surface area contributed by atoms with Crippen LogP contribution in [0.15, 0.2) is 0 Å². The Bertz CT molecular complexity index is 238. The van der Waals surface area contributed by atoms with Gasteiger partial charge in [0, 0.05) is 32.0 Å². The summed E-state index contributed by atoms with van der Waals surface area (Å²) in [4.78, 5) is 13.5. The van der Waals surface area contributed by atoms with Gasteiger partial charge in [-0.2, -0.15) is 0 Å². The zero-order chi connectivity index (χ0) is 10.8. The second kappa shape index (κ2) is 4.52. The monoisotopic (exact) mass is 211 g/mol. The van der Waals surface area contributed by atoms with Crippen LogP contribution >= 0.6 is 0 Å². The number of nitrogens with zero attached hydrogens (tertiary/aromatic N) is 1. The second-order valence-electron chi connectivity index (χ2n) is 4.96. The van der Waals surface area contributed by atoms with Gasteiger partial charge in [0.15, 0.2) is 0 Å². The molecule has 0 bridgehead atoms. The molecule has 15 heavy (non-hydrogen) atoms. The maximum atomic E-state index is 11.5. The smallest absolute Gasteiger partial charge is 0.219 e. The fraction of sp³-hybridized carbons (Fsp3) is 0.917. The van der Waals surface area contributed by atoms with Crippen molar-refractivity contribution in [3.63, 3.8) is 0 Å². The summed E-state index contributed by atoms with van der Waals surface area (Å²) in [7, 11) is 0. The number of amides is 1. The minimum atomic E-state index is 0.179. The van der Waals surface area contributed by atoms with Crippen LogP contribution in [0.1, 0.15) is 39.0 Å². The summed E-state index contributed by atoms with van der Waals surface area (Å²) < 4.78 is 0. The number of likely N-dealkylation sites (tertiary alicyclic amines) is 1. The van der Waals surface area contributed by atoms with Gasteiger partial charge >= 0.3 is 0 Å². The number of piperidine rings is 1. The van der Waals surface area contributed by atoms with Crippen LogP contribution in [0.2, 0.25) is 0 Å². The third-order valence-corrected chi connectivity index (χ3v) is 3.89. The summed E-state index contributed by atoms with van der Waals surface area (Å²) in [6, 6.07) is 0.314. The summed E-state index contributed by atoms with van der Waals surface area (Å²) >= 11 is 0. The second-order valence-corrected chi connectivity index (χ2v) is 4.96. The van der Waals surface area contributed by atoms with Gasteiger partial charge in [0.1, 0.15) is 0 Å². The molecule has 2 aliphatic rings. The molecule has 0 aromatic carbocycles. The predicted molar refractivity (Wildman–Crippen MR) is 58.3 cm³/mol. The third-order valence-electron chi connectivity index (χ3n) is 3.89. The van der Waals surface area contributed by atoms with E-state index in [1.165, 1.54) is 19.3 Å². The van der Waals surface area contributed by atoms with E-state index in [4.69, 9.17) is 0 Å². The lowest BCUT2D eigenvalue weighted by Gasteiger charge is -2.39. The van der Waals surface area contributed by atoms with Crippen molar-refractivity contribution < 1.29 is 9.90 Å². The van der Waals surface area contributed by atoms with E-state index >= 15 is 0 Å². The molecule has 1 N–H and O–H groups in total. The fourth-order valence-corrected chi connectivity index (χ4v) is 2.90. The lowest BCUT2D eigenvalue weighted by molar-refractivity contribution is -0.134. The van der Waals surface area contributed by atoms with Gasteiger partial charge in [-0.3, -0.25) is 4.79 Å². The van der Waals surface area contributed by atoms with Crippen molar-refractivity contribution in [3.8, 4) is 0 Å². The maximum Gasteiger partial charge on any atom is 0.219 e. The summed E-state index contributed by atoms with van der Waals surface area (Å²) in [6.45, 7) is 2.79. The molecule has 2 rings (SSSR count). The normalized spacial score (nSPS) is 28.9. The first-order valence-corrected chi connectivity index (χ1v) is 6.12. The van der Waals surface area contributed by atoms with Crippen LogP contribution in [0.4, 0.5) is 0 Å². The van der Waals surface area contributed by atoms with Crippen molar-refractivity contribution in [1.29, 1.82) is 0 Å². The number of rotatable bonds is 3. The molecule has 1 amide bonds. The highest BCUT2D eigenvalue weighted by Crippen LogP contribution is 2.41. The minimum Gasteiger partial charge on any atom is -0.396 e. The number of hydrogen-bond donors (Lipinski definition) is 1. The van der Waals surface area contributed by atoms with E-state index < -0.39 is 0 Å². The van der Waals surface area contributed by atoms with Crippen LogP contribution in [0, 0.1) is 11.8 Å². The molecule has 1 saturated heterocycles. The van der Waals surface area contributed by atoms with Gasteiger partial charge in [-0.05, 0) is 38.0 Å². The molecule has 2 fully saturated rings. The zero-order valence-corrected chi connectivity index (χ0v) is 9.48. The number of aliphatic hydroxyl groups is 1. The number of aliphatic hydroxyl groups excluding tert-OH is 1. The van der Waals surface area contributed by atoms with E-state index in [-0.39, 0.29) is 12.5 Å². The van der Waals surface area contributed by atoms with Crippen molar-refractivity contribution in [3.05, 3.63) is 0 Å². The Hall–Kier alpha value is -0.570. The van der Waals surface area contributed by atoms with Gasteiger partial charge in [0.25, 0.3) is 0 Å². The van der Waals surface area contributed by atoms with Gasteiger partial charge in [0.05, 0.1) is 0 Å². The Morgan fingerprint density at radius 2 is 2.13 bits per heavy atom. The molecule has 2 unspecified atom stereocenters. The molecular weight excluding hydrogens is 190 g/mol. The quantitative estimate of drug-likeness (QED) is 0.766. The van der Waals surface area contributed by atoms with E-state index in [9.17, 15) is 9.90 Å². The Morgan fingerprint density at radius 1 is 1.40 bits per heavy atom. The molecule has 1 aliphatic carbocycles. The van der Waals surface area contributed by atoms with E-state index in [0.717, 1.165) is 19.4 Å². The maximum absolute atomic E-state index is 11.5. The molecule has 0 spiro atoms. The van der Waals surface area contributed by atoms with Gasteiger partial charge < -0.3 is 10.0 Å². The third kappa shape index (κ3) is 2.33. The lowest BCUT2D eigenvalue weighted by Crippen LogP contribution is -2.48. The molecule has 0 aromatic heterocycles. The number of carbonyl (C=O) groups excluding carboxylic acids is 1. The highest BCUT2D eigenvalue weighted by molar-refractivity contribution is 5.73. The molecule has 1 aliphatic heterocycles. The number of carbonyl (C=O) groups is 1. The van der Waals surface area contributed by atoms with Crippen LogP contribution < -0.4 is 0 Å². The topological polar surface area (TPSA) is 40.5 Å². The summed E-state index contributed by atoms with van der Waals surface area (Å²) in [5, 5.41) is 9.45. The number of hydrogen-bond acceptors (Lipinski definition) is 2. The molecule has 86 valence electrons. The van der Waals surface area contributed by atoms with E-state index in [1.807, 2.05) is 4.90 Å². The summed E-state index contributed by atoms with van der Waals surface area (Å²) in [5.41, 5.74) is 0. The van der Waals surface area contributed by atoms with Crippen molar-refractivity contribution in [1.82, 2.24) is 4.90 Å². The molecule has 0 radical (unpaired) electrons. The van der Waals surface area contributed by atoms with Crippen LogP contribution in [0.3, 0.4) is 0 Å². The molecule has 3 nitrogen and oxygen atoms in total. The Kier molecular flexibility index (Phi) is 3.29. The molecular formula is C12H21NO2. The average Bonchev–Trinajstić information content (AvgIpc) is 3.04. The first-order valence-electron chi connectivity index (χ1n) is 6.12. The van der Waals surface area contributed by atoms with Crippen LogP contribution in [0.5, 0.6) is 0 Å². The highest BCUT2D eigenvalue weighted by atomic mass is 16.3. The highest BCUT2D eigenvalue weighted by Gasteiger charge is 2.40. The average molecular weight is 211 g/mol.